The summed E-state index contributed by atoms with van der Waals surface area (Å²) in [5.41, 5.74) is 1.43. The van der Waals surface area contributed by atoms with Crippen LogP contribution >= 0.6 is 11.8 Å². The molecule has 0 spiro atoms. The van der Waals surface area contributed by atoms with Gasteiger partial charge in [-0.05, 0) is 20.2 Å². The Balaban J connectivity index is 2.19. The van der Waals surface area contributed by atoms with E-state index in [9.17, 15) is 9.90 Å². The van der Waals surface area contributed by atoms with Crippen molar-refractivity contribution in [3.63, 3.8) is 0 Å². The van der Waals surface area contributed by atoms with Crippen molar-refractivity contribution in [2.45, 2.75) is 5.75 Å². The molecule has 0 saturated heterocycles. The van der Waals surface area contributed by atoms with E-state index in [1.54, 1.807) is 17.8 Å². The van der Waals surface area contributed by atoms with E-state index in [4.69, 9.17) is 4.42 Å². The van der Waals surface area contributed by atoms with Crippen LogP contribution in [-0.2, 0) is 5.75 Å². The maximum Gasteiger partial charge on any atom is 0.372 e. The maximum atomic E-state index is 11.2. The highest BCUT2D eigenvalue weighted by Gasteiger charge is 2.19. The molecule has 2 aromatic rings. The fraction of sp³-hybridized carbons (Fsp3) is 0.357. The molecule has 4 nitrogen and oxygen atoms in total. The Morgan fingerprint density at radius 2 is 2.11 bits per heavy atom. The van der Waals surface area contributed by atoms with Crippen LogP contribution in [-0.4, -0.2) is 42.4 Å². The van der Waals surface area contributed by atoms with Gasteiger partial charge < -0.3 is 14.4 Å². The summed E-state index contributed by atoms with van der Waals surface area (Å²) in [4.78, 5) is 13.3. The van der Waals surface area contributed by atoms with Crippen LogP contribution in [0.2, 0.25) is 0 Å². The number of hydrogen-bond acceptors (Lipinski definition) is 4. The van der Waals surface area contributed by atoms with Crippen LogP contribution in [0.15, 0.2) is 28.7 Å². The second-order valence-electron chi connectivity index (χ2n) is 4.57. The Hall–Kier alpha value is -1.46. The molecule has 2 rings (SSSR count). The van der Waals surface area contributed by atoms with Gasteiger partial charge in [-0.1, -0.05) is 18.2 Å². The van der Waals surface area contributed by atoms with Crippen LogP contribution in [0.5, 0.6) is 0 Å². The Labute approximate surface area is 116 Å². The number of carboxylic acid groups (broad SMARTS) is 1. The van der Waals surface area contributed by atoms with Crippen molar-refractivity contribution < 1.29 is 14.3 Å². The van der Waals surface area contributed by atoms with E-state index >= 15 is 0 Å². The monoisotopic (exact) mass is 279 g/mol. The summed E-state index contributed by atoms with van der Waals surface area (Å²) in [6, 6.07) is 7.46. The van der Waals surface area contributed by atoms with Gasteiger partial charge in [0.05, 0.1) is 0 Å². The third-order valence-electron chi connectivity index (χ3n) is 2.82. The Morgan fingerprint density at radius 3 is 2.79 bits per heavy atom. The van der Waals surface area contributed by atoms with Gasteiger partial charge in [-0.25, -0.2) is 4.79 Å². The van der Waals surface area contributed by atoms with Crippen molar-refractivity contribution in [1.29, 1.82) is 0 Å². The largest absolute Gasteiger partial charge is 0.475 e. The fourth-order valence-corrected chi connectivity index (χ4v) is 2.97. The second kappa shape index (κ2) is 6.12. The van der Waals surface area contributed by atoms with Gasteiger partial charge in [0, 0.05) is 29.0 Å². The van der Waals surface area contributed by atoms with Crippen molar-refractivity contribution in [1.82, 2.24) is 4.90 Å². The molecule has 1 aromatic heterocycles. The fourth-order valence-electron chi connectivity index (χ4n) is 1.84. The molecule has 1 N–H and O–H groups in total. The molecular formula is C14H17NO3S. The number of nitrogens with zero attached hydrogens (tertiary/aromatic N) is 1. The summed E-state index contributed by atoms with van der Waals surface area (Å²) < 4.78 is 5.42. The normalized spacial score (nSPS) is 11.3. The average Bonchev–Trinajstić information content (AvgIpc) is 2.73. The number of carbonyl (C=O) groups is 1. The zero-order chi connectivity index (χ0) is 13.8. The molecule has 1 aromatic carbocycles. The molecule has 102 valence electrons. The molecule has 0 bridgehead atoms. The lowest BCUT2D eigenvalue weighted by Gasteiger charge is -2.08. The first-order chi connectivity index (χ1) is 9.09. The number of fused-ring (bicyclic) bond motifs is 1. The van der Waals surface area contributed by atoms with Crippen LogP contribution in [0.4, 0.5) is 0 Å². The van der Waals surface area contributed by atoms with E-state index in [-0.39, 0.29) is 5.76 Å². The first-order valence-electron chi connectivity index (χ1n) is 6.05. The molecule has 5 heteroatoms. The van der Waals surface area contributed by atoms with E-state index in [0.29, 0.717) is 11.3 Å². The summed E-state index contributed by atoms with van der Waals surface area (Å²) in [7, 11) is 4.05. The molecular weight excluding hydrogens is 262 g/mol. The van der Waals surface area contributed by atoms with Crippen LogP contribution in [0, 0.1) is 0 Å². The molecule has 0 radical (unpaired) electrons. The molecule has 0 aliphatic rings. The van der Waals surface area contributed by atoms with Gasteiger partial charge in [-0.2, -0.15) is 11.8 Å². The van der Waals surface area contributed by atoms with Crippen LogP contribution in [0.1, 0.15) is 16.1 Å². The number of hydrogen-bond donors (Lipinski definition) is 1. The predicted molar refractivity (Wildman–Crippen MR) is 77.9 cm³/mol. The number of thioether (sulfide) groups is 1. The topological polar surface area (TPSA) is 53.7 Å². The molecule has 0 atom stereocenters. The number of para-hydroxylation sites is 1. The number of rotatable bonds is 6. The first-order valence-corrected chi connectivity index (χ1v) is 7.21. The summed E-state index contributed by atoms with van der Waals surface area (Å²) in [6.45, 7) is 0.975. The molecule has 0 unspecified atom stereocenters. The Morgan fingerprint density at radius 1 is 1.37 bits per heavy atom. The molecule has 0 fully saturated rings. The van der Waals surface area contributed by atoms with Crippen molar-refractivity contribution in [3.8, 4) is 0 Å². The van der Waals surface area contributed by atoms with Gasteiger partial charge in [0.1, 0.15) is 5.58 Å². The van der Waals surface area contributed by atoms with Crippen molar-refractivity contribution in [3.05, 3.63) is 35.6 Å². The lowest BCUT2D eigenvalue weighted by molar-refractivity contribution is 0.0664. The third-order valence-corrected chi connectivity index (χ3v) is 3.79. The zero-order valence-electron chi connectivity index (χ0n) is 11.0. The molecule has 0 aliphatic heterocycles. The van der Waals surface area contributed by atoms with Gasteiger partial charge in [0.25, 0.3) is 0 Å². The van der Waals surface area contributed by atoms with E-state index in [0.717, 1.165) is 23.2 Å². The van der Waals surface area contributed by atoms with Gasteiger partial charge in [-0.3, -0.25) is 0 Å². The van der Waals surface area contributed by atoms with Gasteiger partial charge >= 0.3 is 5.97 Å². The van der Waals surface area contributed by atoms with E-state index < -0.39 is 5.97 Å². The molecule has 19 heavy (non-hydrogen) atoms. The van der Waals surface area contributed by atoms with Crippen molar-refractivity contribution >= 4 is 28.7 Å². The SMILES string of the molecule is CN(C)CCSCc1c(C(=O)O)oc2ccccc12. The number of furan rings is 1. The number of benzene rings is 1. The highest BCUT2D eigenvalue weighted by molar-refractivity contribution is 7.98. The lowest BCUT2D eigenvalue weighted by atomic mass is 10.1. The van der Waals surface area contributed by atoms with Crippen LogP contribution < -0.4 is 0 Å². The zero-order valence-corrected chi connectivity index (χ0v) is 11.9. The molecule has 1 heterocycles. The quantitative estimate of drug-likeness (QED) is 0.824. The van der Waals surface area contributed by atoms with E-state index in [1.165, 1.54) is 0 Å². The average molecular weight is 279 g/mol. The molecule has 0 amide bonds. The van der Waals surface area contributed by atoms with Crippen LogP contribution in [0.3, 0.4) is 0 Å². The minimum Gasteiger partial charge on any atom is -0.475 e. The minimum atomic E-state index is -1.00. The smallest absolute Gasteiger partial charge is 0.372 e. The highest BCUT2D eigenvalue weighted by Crippen LogP contribution is 2.29. The summed E-state index contributed by atoms with van der Waals surface area (Å²) in [5, 5.41) is 10.1. The second-order valence-corrected chi connectivity index (χ2v) is 5.67. The third kappa shape index (κ3) is 3.30. The first kappa shape index (κ1) is 14.0. The number of aromatic carboxylic acids is 1. The summed E-state index contributed by atoms with van der Waals surface area (Å²) >= 11 is 1.72. The van der Waals surface area contributed by atoms with Gasteiger partial charge in [-0.15, -0.1) is 0 Å². The van der Waals surface area contributed by atoms with Crippen molar-refractivity contribution in [2.24, 2.45) is 0 Å². The summed E-state index contributed by atoms with van der Waals surface area (Å²) in [5.74, 6) is 0.691. The van der Waals surface area contributed by atoms with Crippen LogP contribution in [0.25, 0.3) is 11.0 Å². The van der Waals surface area contributed by atoms with E-state index in [2.05, 4.69) is 4.90 Å². The van der Waals surface area contributed by atoms with Gasteiger partial charge in [0.15, 0.2) is 0 Å². The van der Waals surface area contributed by atoms with E-state index in [1.807, 2.05) is 32.3 Å². The Kier molecular flexibility index (Phi) is 4.50. The predicted octanol–water partition coefficient (Wildman–Crippen LogP) is 2.93. The Bertz CT molecular complexity index is 577. The molecule has 0 aliphatic carbocycles. The minimum absolute atomic E-state index is 0.0681. The van der Waals surface area contributed by atoms with Gasteiger partial charge in [0.2, 0.25) is 5.76 Å². The highest BCUT2D eigenvalue weighted by atomic mass is 32.2. The lowest BCUT2D eigenvalue weighted by Crippen LogP contribution is -2.14. The molecule has 0 saturated carbocycles. The maximum absolute atomic E-state index is 11.2. The number of carboxylic acids is 1. The van der Waals surface area contributed by atoms with Crippen molar-refractivity contribution in [2.75, 3.05) is 26.4 Å². The summed E-state index contributed by atoms with van der Waals surface area (Å²) in [6.07, 6.45) is 0. The standard InChI is InChI=1S/C14H17NO3S/c1-15(2)7-8-19-9-11-10-5-3-4-6-12(10)18-13(11)14(16)17/h3-6H,7-9H2,1-2H3,(H,16,17).